The van der Waals surface area contributed by atoms with Crippen LogP contribution in [0.2, 0.25) is 0 Å². The first-order valence-electron chi connectivity index (χ1n) is 12.2. The van der Waals surface area contributed by atoms with E-state index in [1.165, 1.54) is 56.1 Å². The van der Waals surface area contributed by atoms with Gasteiger partial charge in [0.2, 0.25) is 5.95 Å². The predicted octanol–water partition coefficient (Wildman–Crippen LogP) is 4.40. The largest absolute Gasteiger partial charge is 0.368 e. The third-order valence-electron chi connectivity index (χ3n) is 8.52. The van der Waals surface area contributed by atoms with Gasteiger partial charge in [-0.3, -0.25) is 0 Å². The van der Waals surface area contributed by atoms with Gasteiger partial charge in [-0.15, -0.1) is 0 Å². The molecule has 0 spiro atoms. The number of hydrogen-bond acceptors (Lipinski definition) is 6. The van der Waals surface area contributed by atoms with Gasteiger partial charge in [0.15, 0.2) is 0 Å². The second-order valence-electron chi connectivity index (χ2n) is 10.8. The van der Waals surface area contributed by atoms with E-state index in [4.69, 9.17) is 10.7 Å². The molecule has 1 unspecified atom stereocenters. The van der Waals surface area contributed by atoms with Gasteiger partial charge in [-0.05, 0) is 85.2 Å². The predicted molar refractivity (Wildman–Crippen MR) is 125 cm³/mol. The molecule has 7 rings (SSSR count). The Hall–Kier alpha value is -2.65. The lowest BCUT2D eigenvalue weighted by molar-refractivity contribution is -0.0591. The van der Waals surface area contributed by atoms with Crippen molar-refractivity contribution >= 4 is 11.8 Å². The van der Waals surface area contributed by atoms with Crippen LogP contribution < -0.4 is 16.4 Å². The van der Waals surface area contributed by atoms with E-state index < -0.39 is 0 Å². The monoisotopic (exact) mass is 428 g/mol. The SMILES string of the molecule is N#Cc1cnc(NCc2ccccc2C2CC2)nc1NC[C@]12CC3C[C@H](C1)[C@@H](N)[C@@H](C3)C2. The Morgan fingerprint density at radius 2 is 1.88 bits per heavy atom. The van der Waals surface area contributed by atoms with E-state index in [1.54, 1.807) is 6.20 Å². The second-order valence-corrected chi connectivity index (χ2v) is 10.8. The Balaban J connectivity index is 1.16. The Morgan fingerprint density at radius 1 is 1.09 bits per heavy atom. The maximum Gasteiger partial charge on any atom is 0.224 e. The topological polar surface area (TPSA) is 99.6 Å². The maximum atomic E-state index is 9.61. The maximum absolute atomic E-state index is 9.61. The van der Waals surface area contributed by atoms with Crippen molar-refractivity contribution in [3.05, 3.63) is 47.2 Å². The quantitative estimate of drug-likeness (QED) is 0.604. The lowest BCUT2D eigenvalue weighted by Gasteiger charge is -2.59. The van der Waals surface area contributed by atoms with E-state index in [0.717, 1.165) is 12.5 Å². The zero-order valence-corrected chi connectivity index (χ0v) is 18.6. The van der Waals surface area contributed by atoms with E-state index in [0.29, 0.717) is 53.1 Å². The first-order valence-corrected chi connectivity index (χ1v) is 12.2. The van der Waals surface area contributed by atoms with E-state index in [2.05, 4.69) is 46.0 Å². The van der Waals surface area contributed by atoms with Crippen molar-refractivity contribution in [3.8, 4) is 6.07 Å². The Bertz CT molecular complexity index is 1040. The summed E-state index contributed by atoms with van der Waals surface area (Å²) in [5.74, 6) is 4.12. The molecule has 0 amide bonds. The van der Waals surface area contributed by atoms with Crippen molar-refractivity contribution in [1.29, 1.82) is 5.26 Å². The van der Waals surface area contributed by atoms with Crippen molar-refractivity contribution in [1.82, 2.24) is 9.97 Å². The number of nitrogens with one attached hydrogen (secondary N) is 2. The van der Waals surface area contributed by atoms with Crippen LogP contribution in [0.5, 0.6) is 0 Å². The zero-order chi connectivity index (χ0) is 21.7. The highest BCUT2D eigenvalue weighted by Crippen LogP contribution is 2.59. The smallest absolute Gasteiger partial charge is 0.224 e. The summed E-state index contributed by atoms with van der Waals surface area (Å²) in [6.07, 6.45) is 10.5. The van der Waals surface area contributed by atoms with Crippen LogP contribution in [-0.2, 0) is 6.54 Å². The average molecular weight is 429 g/mol. The Labute approximate surface area is 190 Å². The van der Waals surface area contributed by atoms with E-state index >= 15 is 0 Å². The fraction of sp³-hybridized carbons (Fsp3) is 0.577. The highest BCUT2D eigenvalue weighted by atomic mass is 15.1. The van der Waals surface area contributed by atoms with E-state index in [-0.39, 0.29) is 0 Å². The van der Waals surface area contributed by atoms with Crippen LogP contribution in [0.1, 0.15) is 67.6 Å². The van der Waals surface area contributed by atoms with Crippen LogP contribution in [-0.4, -0.2) is 22.6 Å². The molecule has 5 saturated carbocycles. The van der Waals surface area contributed by atoms with E-state index in [9.17, 15) is 5.26 Å². The molecule has 0 radical (unpaired) electrons. The van der Waals surface area contributed by atoms with Gasteiger partial charge in [0.1, 0.15) is 17.5 Å². The molecule has 5 aliphatic carbocycles. The molecule has 32 heavy (non-hydrogen) atoms. The summed E-state index contributed by atoms with van der Waals surface area (Å²) in [7, 11) is 0. The lowest BCUT2D eigenvalue weighted by atomic mass is 9.48. The van der Waals surface area contributed by atoms with Crippen molar-refractivity contribution in [2.75, 3.05) is 17.2 Å². The van der Waals surface area contributed by atoms with Crippen molar-refractivity contribution in [2.24, 2.45) is 28.9 Å². The first-order chi connectivity index (χ1) is 15.6. The van der Waals surface area contributed by atoms with Gasteiger partial charge in [0.05, 0.1) is 6.20 Å². The summed E-state index contributed by atoms with van der Waals surface area (Å²) in [5.41, 5.74) is 10.1. The van der Waals surface area contributed by atoms with Gasteiger partial charge in [-0.1, -0.05) is 24.3 Å². The van der Waals surface area contributed by atoms with Gasteiger partial charge in [0.25, 0.3) is 0 Å². The van der Waals surface area contributed by atoms with Crippen LogP contribution >= 0.6 is 0 Å². The molecule has 2 aromatic rings. The molecule has 0 saturated heterocycles. The van der Waals surface area contributed by atoms with Crippen molar-refractivity contribution in [3.63, 3.8) is 0 Å². The molecule has 1 aromatic heterocycles. The molecule has 5 fully saturated rings. The summed E-state index contributed by atoms with van der Waals surface area (Å²) in [6.45, 7) is 1.57. The molecular weight excluding hydrogens is 396 g/mol. The molecule has 4 N–H and O–H groups in total. The second kappa shape index (κ2) is 7.74. The number of nitriles is 1. The van der Waals surface area contributed by atoms with Crippen LogP contribution in [0, 0.1) is 34.5 Å². The normalized spacial score (nSPS) is 32.5. The molecule has 5 atom stereocenters. The number of anilines is 2. The van der Waals surface area contributed by atoms with E-state index in [1.807, 2.05) is 0 Å². The number of aromatic nitrogens is 2. The molecule has 6 nitrogen and oxygen atoms in total. The fourth-order valence-electron chi connectivity index (χ4n) is 7.07. The van der Waals surface area contributed by atoms with Gasteiger partial charge in [-0.25, -0.2) is 4.98 Å². The summed E-state index contributed by atoms with van der Waals surface area (Å²) < 4.78 is 0. The van der Waals surface area contributed by atoms with Gasteiger partial charge in [-0.2, -0.15) is 10.2 Å². The summed E-state index contributed by atoms with van der Waals surface area (Å²) in [5, 5.41) is 16.6. The summed E-state index contributed by atoms with van der Waals surface area (Å²) in [6, 6.07) is 11.3. The molecule has 166 valence electrons. The summed E-state index contributed by atoms with van der Waals surface area (Å²) in [4.78, 5) is 9.10. The van der Waals surface area contributed by atoms with Crippen molar-refractivity contribution < 1.29 is 0 Å². The first kappa shape index (κ1) is 20.0. The lowest BCUT2D eigenvalue weighted by Crippen LogP contribution is -2.58. The molecule has 1 heterocycles. The van der Waals surface area contributed by atoms with Crippen LogP contribution in [0.4, 0.5) is 11.8 Å². The summed E-state index contributed by atoms with van der Waals surface area (Å²) >= 11 is 0. The zero-order valence-electron chi connectivity index (χ0n) is 18.6. The minimum absolute atomic E-state index is 0.306. The highest BCUT2D eigenvalue weighted by molar-refractivity contribution is 5.53. The van der Waals surface area contributed by atoms with Crippen molar-refractivity contribution in [2.45, 2.75) is 63.5 Å². The number of nitrogens with two attached hydrogens (primary N) is 1. The standard InChI is InChI=1S/C26H32N6/c27-12-21-14-30-25(29-13-18-3-1-2-4-22(18)17-5-6-17)32-24(21)31-15-26-9-16-7-19(10-26)23(28)20(8-16)11-26/h1-4,14,16-17,19-20,23H,5-11,13,15,28H2,(H2,29,30,31,32)/t16?,19-,20+,23-,26-. The van der Waals surface area contributed by atoms with Gasteiger partial charge in [0, 0.05) is 19.1 Å². The highest BCUT2D eigenvalue weighted by Gasteiger charge is 2.54. The minimum atomic E-state index is 0.306. The molecular formula is C26H32N6. The third kappa shape index (κ3) is 3.63. The van der Waals surface area contributed by atoms with Gasteiger partial charge >= 0.3 is 0 Å². The number of benzene rings is 1. The van der Waals surface area contributed by atoms with Gasteiger partial charge < -0.3 is 16.4 Å². The molecule has 4 bridgehead atoms. The van der Waals surface area contributed by atoms with Crippen LogP contribution in [0.25, 0.3) is 0 Å². The van der Waals surface area contributed by atoms with Crippen LogP contribution in [0.15, 0.2) is 30.5 Å². The fourth-order valence-corrected chi connectivity index (χ4v) is 7.07. The molecule has 5 aliphatic rings. The number of rotatable bonds is 7. The Kier molecular flexibility index (Phi) is 4.83. The number of nitrogens with zero attached hydrogens (tertiary/aromatic N) is 3. The molecule has 0 aliphatic heterocycles. The van der Waals surface area contributed by atoms with Crippen LogP contribution in [0.3, 0.4) is 0 Å². The third-order valence-corrected chi connectivity index (χ3v) is 8.52. The number of hydrogen-bond donors (Lipinski definition) is 3. The molecule has 1 aromatic carbocycles. The Morgan fingerprint density at radius 3 is 2.62 bits per heavy atom. The average Bonchev–Trinajstić information content (AvgIpc) is 3.65. The molecule has 6 heteroatoms. The minimum Gasteiger partial charge on any atom is -0.368 e.